The van der Waals surface area contributed by atoms with Crippen molar-refractivity contribution in [2.75, 3.05) is 31.2 Å². The van der Waals surface area contributed by atoms with Gasteiger partial charge in [0.05, 0.1) is 26.0 Å². The number of benzene rings is 2. The van der Waals surface area contributed by atoms with Gasteiger partial charge in [0.25, 0.3) is 10.0 Å². The molecule has 1 heterocycles. The summed E-state index contributed by atoms with van der Waals surface area (Å²) in [5.74, 6) is 0.338. The molecule has 8 heteroatoms. The van der Waals surface area contributed by atoms with Gasteiger partial charge in [-0.2, -0.15) is 0 Å². The Morgan fingerprint density at radius 1 is 1.10 bits per heavy atom. The SMILES string of the molecule is COc1ccc(C)cc1S(=O)(=O)N(CCCCC1OCCO1)c1ccc(Br)cc1. The van der Waals surface area contributed by atoms with Crippen molar-refractivity contribution in [3.63, 3.8) is 0 Å². The topological polar surface area (TPSA) is 65.1 Å². The normalized spacial score (nSPS) is 14.9. The Hall–Kier alpha value is -1.61. The van der Waals surface area contributed by atoms with E-state index >= 15 is 0 Å². The van der Waals surface area contributed by atoms with Gasteiger partial charge >= 0.3 is 0 Å². The number of halogens is 1. The van der Waals surface area contributed by atoms with E-state index in [2.05, 4.69) is 15.9 Å². The second-order valence-electron chi connectivity index (χ2n) is 6.87. The quantitative estimate of drug-likeness (QED) is 0.491. The van der Waals surface area contributed by atoms with E-state index in [0.717, 1.165) is 22.9 Å². The summed E-state index contributed by atoms with van der Waals surface area (Å²) in [6.07, 6.45) is 2.07. The lowest BCUT2D eigenvalue weighted by atomic mass is 10.2. The average Bonchev–Trinajstić information content (AvgIpc) is 3.22. The first kappa shape index (κ1) is 22.1. The van der Waals surface area contributed by atoms with Crippen LogP contribution in [0.15, 0.2) is 51.8 Å². The molecule has 3 rings (SSSR count). The van der Waals surface area contributed by atoms with Gasteiger partial charge in [0.1, 0.15) is 10.6 Å². The fraction of sp³-hybridized carbons (Fsp3) is 0.429. The molecule has 0 N–H and O–H groups in total. The number of sulfonamides is 1. The maximum Gasteiger partial charge on any atom is 0.268 e. The van der Waals surface area contributed by atoms with Crippen LogP contribution in [-0.4, -0.2) is 41.6 Å². The first-order valence-corrected chi connectivity index (χ1v) is 11.8. The molecule has 0 bridgehead atoms. The van der Waals surface area contributed by atoms with E-state index in [0.29, 0.717) is 37.6 Å². The van der Waals surface area contributed by atoms with Crippen molar-refractivity contribution < 1.29 is 22.6 Å². The highest BCUT2D eigenvalue weighted by atomic mass is 79.9. The van der Waals surface area contributed by atoms with Crippen LogP contribution in [0.25, 0.3) is 0 Å². The monoisotopic (exact) mass is 483 g/mol. The van der Waals surface area contributed by atoms with Crippen molar-refractivity contribution in [2.24, 2.45) is 0 Å². The van der Waals surface area contributed by atoms with Gasteiger partial charge in [-0.3, -0.25) is 4.31 Å². The van der Waals surface area contributed by atoms with Crippen LogP contribution in [0.5, 0.6) is 5.75 Å². The van der Waals surface area contributed by atoms with Crippen molar-refractivity contribution in [3.8, 4) is 5.75 Å². The summed E-state index contributed by atoms with van der Waals surface area (Å²) in [5.41, 5.74) is 1.47. The third-order valence-corrected chi connectivity index (χ3v) is 7.12. The third kappa shape index (κ3) is 5.51. The number of aryl methyl sites for hydroxylation is 1. The summed E-state index contributed by atoms with van der Waals surface area (Å²) in [5, 5.41) is 0. The molecule has 1 saturated heterocycles. The zero-order valence-electron chi connectivity index (χ0n) is 16.6. The van der Waals surface area contributed by atoms with Gasteiger partial charge in [-0.15, -0.1) is 0 Å². The molecule has 0 amide bonds. The zero-order chi connectivity index (χ0) is 20.9. The van der Waals surface area contributed by atoms with Gasteiger partial charge in [0.15, 0.2) is 6.29 Å². The largest absolute Gasteiger partial charge is 0.495 e. The minimum absolute atomic E-state index is 0.172. The van der Waals surface area contributed by atoms with Crippen LogP contribution in [0.3, 0.4) is 0 Å². The molecule has 1 aliphatic heterocycles. The second-order valence-corrected chi connectivity index (χ2v) is 9.62. The Morgan fingerprint density at radius 3 is 2.45 bits per heavy atom. The lowest BCUT2D eigenvalue weighted by molar-refractivity contribution is -0.0478. The van der Waals surface area contributed by atoms with Gasteiger partial charge in [-0.1, -0.05) is 22.0 Å². The molecule has 6 nitrogen and oxygen atoms in total. The number of ether oxygens (including phenoxy) is 3. The second kappa shape index (κ2) is 9.93. The summed E-state index contributed by atoms with van der Waals surface area (Å²) >= 11 is 3.41. The maximum atomic E-state index is 13.6. The fourth-order valence-corrected chi connectivity index (χ4v) is 5.25. The molecular weight excluding hydrogens is 458 g/mol. The molecule has 0 atom stereocenters. The molecule has 158 valence electrons. The smallest absolute Gasteiger partial charge is 0.268 e. The lowest BCUT2D eigenvalue weighted by Gasteiger charge is -2.26. The van der Waals surface area contributed by atoms with Crippen LogP contribution in [0, 0.1) is 6.92 Å². The Morgan fingerprint density at radius 2 is 1.79 bits per heavy atom. The van der Waals surface area contributed by atoms with E-state index in [1.165, 1.54) is 11.4 Å². The Bertz CT molecular complexity index is 911. The van der Waals surface area contributed by atoms with Crippen molar-refractivity contribution in [1.82, 2.24) is 0 Å². The highest BCUT2D eigenvalue weighted by Crippen LogP contribution is 2.32. The number of anilines is 1. The Balaban J connectivity index is 1.85. The summed E-state index contributed by atoms with van der Waals surface area (Å²) in [4.78, 5) is 0.172. The summed E-state index contributed by atoms with van der Waals surface area (Å²) in [7, 11) is -2.32. The standard InChI is InChI=1S/C21H26BrNO5S/c1-16-6-11-19(26-2)20(15-16)29(24,25)23(18-9-7-17(22)8-10-18)12-4-3-5-21-27-13-14-28-21/h6-11,15,21H,3-5,12-14H2,1-2H3. The van der Waals surface area contributed by atoms with Crippen molar-refractivity contribution in [2.45, 2.75) is 37.4 Å². The minimum atomic E-state index is -3.80. The van der Waals surface area contributed by atoms with Crippen molar-refractivity contribution in [3.05, 3.63) is 52.5 Å². The van der Waals surface area contributed by atoms with Crippen LogP contribution in [0.2, 0.25) is 0 Å². The van der Waals surface area contributed by atoms with Crippen LogP contribution in [-0.2, 0) is 19.5 Å². The average molecular weight is 484 g/mol. The number of methoxy groups -OCH3 is 1. The van der Waals surface area contributed by atoms with Crippen molar-refractivity contribution >= 4 is 31.6 Å². The minimum Gasteiger partial charge on any atom is -0.495 e. The molecule has 0 aromatic heterocycles. The van der Waals surface area contributed by atoms with Crippen LogP contribution in [0.1, 0.15) is 24.8 Å². The molecule has 0 saturated carbocycles. The van der Waals surface area contributed by atoms with E-state index in [4.69, 9.17) is 14.2 Å². The van der Waals surface area contributed by atoms with E-state index in [1.807, 2.05) is 25.1 Å². The number of unbranched alkanes of at least 4 members (excludes halogenated alkanes) is 1. The molecule has 0 aliphatic carbocycles. The zero-order valence-corrected chi connectivity index (χ0v) is 19.0. The lowest BCUT2D eigenvalue weighted by Crippen LogP contribution is -2.32. The first-order chi connectivity index (χ1) is 13.9. The number of hydrogen-bond donors (Lipinski definition) is 0. The Labute approximate surface area is 180 Å². The van der Waals surface area contributed by atoms with Gasteiger partial charge < -0.3 is 14.2 Å². The molecular formula is C21H26BrNO5S. The van der Waals surface area contributed by atoms with Gasteiger partial charge in [-0.05, 0) is 68.1 Å². The van der Waals surface area contributed by atoms with E-state index < -0.39 is 10.0 Å². The molecule has 0 unspecified atom stereocenters. The maximum absolute atomic E-state index is 13.6. The number of hydrogen-bond acceptors (Lipinski definition) is 5. The van der Waals surface area contributed by atoms with E-state index in [9.17, 15) is 8.42 Å². The molecule has 1 fully saturated rings. The molecule has 2 aromatic carbocycles. The van der Waals surface area contributed by atoms with Crippen LogP contribution < -0.4 is 9.04 Å². The highest BCUT2D eigenvalue weighted by molar-refractivity contribution is 9.10. The highest BCUT2D eigenvalue weighted by Gasteiger charge is 2.28. The van der Waals surface area contributed by atoms with Crippen molar-refractivity contribution in [1.29, 1.82) is 0 Å². The summed E-state index contributed by atoms with van der Waals surface area (Å²) < 4.78 is 45.8. The molecule has 0 spiro atoms. The summed E-state index contributed by atoms with van der Waals surface area (Å²) in [6, 6.07) is 12.5. The summed E-state index contributed by atoms with van der Waals surface area (Å²) in [6.45, 7) is 3.46. The molecule has 29 heavy (non-hydrogen) atoms. The van der Waals surface area contributed by atoms with Crippen LogP contribution >= 0.6 is 15.9 Å². The van der Waals surface area contributed by atoms with Gasteiger partial charge in [0.2, 0.25) is 0 Å². The predicted octanol–water partition coefficient (Wildman–Crippen LogP) is 4.50. The van der Waals surface area contributed by atoms with E-state index in [1.54, 1.807) is 24.3 Å². The van der Waals surface area contributed by atoms with Crippen LogP contribution in [0.4, 0.5) is 5.69 Å². The molecule has 2 aromatic rings. The first-order valence-electron chi connectivity index (χ1n) is 9.58. The number of nitrogens with zero attached hydrogens (tertiary/aromatic N) is 1. The molecule has 1 aliphatic rings. The number of rotatable bonds is 9. The fourth-order valence-electron chi connectivity index (χ4n) is 3.24. The molecule has 0 radical (unpaired) electrons. The Kier molecular flexibility index (Phi) is 7.56. The van der Waals surface area contributed by atoms with E-state index in [-0.39, 0.29) is 11.2 Å². The predicted molar refractivity (Wildman–Crippen MR) is 116 cm³/mol. The van der Waals surface area contributed by atoms with Gasteiger partial charge in [-0.25, -0.2) is 8.42 Å². The third-order valence-electron chi connectivity index (χ3n) is 4.74. The van der Waals surface area contributed by atoms with Gasteiger partial charge in [0, 0.05) is 11.0 Å².